The van der Waals surface area contributed by atoms with Crippen molar-refractivity contribution in [2.75, 3.05) is 6.54 Å². The van der Waals surface area contributed by atoms with Crippen molar-refractivity contribution in [1.82, 2.24) is 5.32 Å². The van der Waals surface area contributed by atoms with Crippen LogP contribution >= 0.6 is 12.4 Å². The molecule has 0 amide bonds. The molecule has 0 aromatic rings. The molecule has 1 N–H and O–H groups in total. The van der Waals surface area contributed by atoms with Gasteiger partial charge in [-0.25, -0.2) is 0 Å². The third-order valence-corrected chi connectivity index (χ3v) is 2.61. The molecule has 0 aromatic heterocycles. The van der Waals surface area contributed by atoms with Crippen molar-refractivity contribution in [3.8, 4) is 0 Å². The van der Waals surface area contributed by atoms with Gasteiger partial charge >= 0.3 is 0 Å². The SMILES string of the molecule is C=C1CNC2(CCC2)C1.Cl. The maximum Gasteiger partial charge on any atom is 0.0222 e. The van der Waals surface area contributed by atoms with Crippen LogP contribution in [0.3, 0.4) is 0 Å². The topological polar surface area (TPSA) is 12.0 Å². The molecule has 0 radical (unpaired) electrons. The van der Waals surface area contributed by atoms with E-state index >= 15 is 0 Å². The van der Waals surface area contributed by atoms with E-state index in [-0.39, 0.29) is 12.4 Å². The first-order chi connectivity index (χ1) is 4.31. The van der Waals surface area contributed by atoms with Gasteiger partial charge in [0.1, 0.15) is 0 Å². The standard InChI is InChI=1S/C8H13N.ClH/c1-7-5-8(9-6-7)3-2-4-8;/h9H,1-6H2;1H. The van der Waals surface area contributed by atoms with Crippen LogP contribution in [0, 0.1) is 0 Å². The van der Waals surface area contributed by atoms with E-state index in [4.69, 9.17) is 0 Å². The molecule has 2 fully saturated rings. The van der Waals surface area contributed by atoms with Gasteiger partial charge in [0.2, 0.25) is 0 Å². The minimum atomic E-state index is 0. The Labute approximate surface area is 68.3 Å². The highest BCUT2D eigenvalue weighted by molar-refractivity contribution is 5.85. The van der Waals surface area contributed by atoms with E-state index < -0.39 is 0 Å². The van der Waals surface area contributed by atoms with Crippen LogP contribution in [0.25, 0.3) is 0 Å². The highest BCUT2D eigenvalue weighted by Gasteiger charge is 2.40. The summed E-state index contributed by atoms with van der Waals surface area (Å²) in [6.07, 6.45) is 5.42. The van der Waals surface area contributed by atoms with E-state index in [1.807, 2.05) is 0 Å². The molecule has 58 valence electrons. The van der Waals surface area contributed by atoms with Gasteiger partial charge in [0, 0.05) is 12.1 Å². The minimum absolute atomic E-state index is 0. The van der Waals surface area contributed by atoms with Crippen LogP contribution in [0.2, 0.25) is 0 Å². The summed E-state index contributed by atoms with van der Waals surface area (Å²) >= 11 is 0. The maximum atomic E-state index is 3.97. The zero-order valence-corrected chi connectivity index (χ0v) is 6.97. The van der Waals surface area contributed by atoms with Crippen LogP contribution in [0.1, 0.15) is 25.7 Å². The highest BCUT2D eigenvalue weighted by Crippen LogP contribution is 2.39. The lowest BCUT2D eigenvalue weighted by Crippen LogP contribution is -2.45. The average molecular weight is 160 g/mol. The van der Waals surface area contributed by atoms with Crippen molar-refractivity contribution < 1.29 is 0 Å². The van der Waals surface area contributed by atoms with Crippen LogP contribution in [-0.4, -0.2) is 12.1 Å². The lowest BCUT2D eigenvalue weighted by molar-refractivity contribution is 0.220. The average Bonchev–Trinajstić information content (AvgIpc) is 2.09. The molecular formula is C8H14ClN. The number of halogens is 1. The van der Waals surface area contributed by atoms with Gasteiger partial charge < -0.3 is 5.32 Å². The second-order valence-electron chi connectivity index (χ2n) is 3.41. The predicted octanol–water partition coefficient (Wildman–Crippen LogP) is 1.88. The first-order valence-corrected chi connectivity index (χ1v) is 3.72. The van der Waals surface area contributed by atoms with Gasteiger partial charge in [-0.15, -0.1) is 12.4 Å². The van der Waals surface area contributed by atoms with Gasteiger partial charge in [-0.05, 0) is 25.7 Å². The molecular weight excluding hydrogens is 146 g/mol. The molecule has 1 saturated heterocycles. The van der Waals surface area contributed by atoms with Gasteiger partial charge in [-0.2, -0.15) is 0 Å². The van der Waals surface area contributed by atoms with Gasteiger partial charge in [0.15, 0.2) is 0 Å². The summed E-state index contributed by atoms with van der Waals surface area (Å²) in [6.45, 7) is 5.04. The Morgan fingerprint density at radius 3 is 2.30 bits per heavy atom. The fourth-order valence-corrected chi connectivity index (χ4v) is 1.87. The Balaban J connectivity index is 0.000000500. The van der Waals surface area contributed by atoms with Gasteiger partial charge in [-0.3, -0.25) is 0 Å². The molecule has 1 aliphatic heterocycles. The number of hydrogen-bond acceptors (Lipinski definition) is 1. The van der Waals surface area contributed by atoms with Crippen LogP contribution in [0.5, 0.6) is 0 Å². The van der Waals surface area contributed by atoms with E-state index in [2.05, 4.69) is 11.9 Å². The predicted molar refractivity (Wildman–Crippen MR) is 45.6 cm³/mol. The van der Waals surface area contributed by atoms with Crippen molar-refractivity contribution >= 4 is 12.4 Å². The smallest absolute Gasteiger partial charge is 0.0222 e. The zero-order valence-electron chi connectivity index (χ0n) is 6.15. The fourth-order valence-electron chi connectivity index (χ4n) is 1.87. The minimum Gasteiger partial charge on any atom is -0.307 e. The summed E-state index contributed by atoms with van der Waals surface area (Å²) < 4.78 is 0. The van der Waals surface area contributed by atoms with Crippen molar-refractivity contribution in [1.29, 1.82) is 0 Å². The maximum absolute atomic E-state index is 3.97. The van der Waals surface area contributed by atoms with Crippen LogP contribution in [0.4, 0.5) is 0 Å². The largest absolute Gasteiger partial charge is 0.307 e. The number of rotatable bonds is 0. The number of hydrogen-bond donors (Lipinski definition) is 1. The highest BCUT2D eigenvalue weighted by atomic mass is 35.5. The molecule has 0 aromatic carbocycles. The second kappa shape index (κ2) is 2.55. The normalized spacial score (nSPS) is 27.8. The summed E-state index contributed by atoms with van der Waals surface area (Å²) in [7, 11) is 0. The van der Waals surface area contributed by atoms with Crippen molar-refractivity contribution in [3.05, 3.63) is 12.2 Å². The Morgan fingerprint density at radius 1 is 1.40 bits per heavy atom. The summed E-state index contributed by atoms with van der Waals surface area (Å²) in [5.74, 6) is 0. The van der Waals surface area contributed by atoms with E-state index in [0.29, 0.717) is 5.54 Å². The Hall–Kier alpha value is -0.0100. The van der Waals surface area contributed by atoms with Crippen molar-refractivity contribution in [2.24, 2.45) is 0 Å². The monoisotopic (exact) mass is 159 g/mol. The van der Waals surface area contributed by atoms with Gasteiger partial charge in [0.25, 0.3) is 0 Å². The van der Waals surface area contributed by atoms with Gasteiger partial charge in [0.05, 0.1) is 0 Å². The Kier molecular flexibility index (Phi) is 2.07. The summed E-state index contributed by atoms with van der Waals surface area (Å²) in [4.78, 5) is 0. The first kappa shape index (κ1) is 8.09. The Bertz CT molecular complexity index is 149. The van der Waals surface area contributed by atoms with E-state index in [1.165, 1.54) is 31.3 Å². The molecule has 1 aliphatic carbocycles. The molecule has 1 nitrogen and oxygen atoms in total. The third kappa shape index (κ3) is 1.08. The molecule has 0 unspecified atom stereocenters. The Morgan fingerprint density at radius 2 is 2.10 bits per heavy atom. The molecule has 1 saturated carbocycles. The van der Waals surface area contributed by atoms with Crippen LogP contribution < -0.4 is 5.32 Å². The van der Waals surface area contributed by atoms with E-state index in [1.54, 1.807) is 0 Å². The van der Waals surface area contributed by atoms with Crippen LogP contribution in [-0.2, 0) is 0 Å². The first-order valence-electron chi connectivity index (χ1n) is 3.72. The second-order valence-corrected chi connectivity index (χ2v) is 3.41. The van der Waals surface area contributed by atoms with E-state index in [0.717, 1.165) is 6.54 Å². The van der Waals surface area contributed by atoms with Crippen molar-refractivity contribution in [2.45, 2.75) is 31.2 Å². The summed E-state index contributed by atoms with van der Waals surface area (Å²) in [5.41, 5.74) is 1.94. The molecule has 0 bridgehead atoms. The lowest BCUT2D eigenvalue weighted by Gasteiger charge is -2.38. The molecule has 1 heterocycles. The van der Waals surface area contributed by atoms with Gasteiger partial charge in [-0.1, -0.05) is 12.2 Å². The molecule has 2 aliphatic rings. The fraction of sp³-hybridized carbons (Fsp3) is 0.750. The molecule has 0 atom stereocenters. The summed E-state index contributed by atoms with van der Waals surface area (Å²) in [6, 6.07) is 0. The van der Waals surface area contributed by atoms with E-state index in [9.17, 15) is 0 Å². The van der Waals surface area contributed by atoms with Crippen LogP contribution in [0.15, 0.2) is 12.2 Å². The quantitative estimate of drug-likeness (QED) is 0.533. The molecule has 10 heavy (non-hydrogen) atoms. The molecule has 2 rings (SSSR count). The summed E-state index contributed by atoms with van der Waals surface area (Å²) in [5, 5.41) is 3.52. The molecule has 2 heteroatoms. The van der Waals surface area contributed by atoms with Crippen molar-refractivity contribution in [3.63, 3.8) is 0 Å². The number of nitrogens with one attached hydrogen (secondary N) is 1. The zero-order chi connectivity index (χ0) is 6.32. The molecule has 1 spiro atoms. The third-order valence-electron chi connectivity index (χ3n) is 2.61. The lowest BCUT2D eigenvalue weighted by atomic mass is 9.75.